The summed E-state index contributed by atoms with van der Waals surface area (Å²) in [4.78, 5) is 2.17. The largest absolute Gasteiger partial charge is 0.389 e. The summed E-state index contributed by atoms with van der Waals surface area (Å²) >= 11 is 11.0. The topological polar surface area (TPSA) is 58.7 Å². The van der Waals surface area contributed by atoms with Crippen LogP contribution in [0.3, 0.4) is 0 Å². The summed E-state index contributed by atoms with van der Waals surface area (Å²) in [6.07, 6.45) is -0.564. The molecule has 1 atom stereocenters. The minimum atomic E-state index is -0.564. The molecule has 0 saturated carbocycles. The fourth-order valence-corrected chi connectivity index (χ4v) is 2.08. The summed E-state index contributed by atoms with van der Waals surface area (Å²) in [5.74, 6) is 0. The minimum absolute atomic E-state index is 0.285. The zero-order chi connectivity index (χ0) is 13.7. The van der Waals surface area contributed by atoms with Crippen molar-refractivity contribution in [1.82, 2.24) is 0 Å². The molecule has 1 aromatic carbocycles. The highest BCUT2D eigenvalue weighted by atomic mass is 35.5. The monoisotopic (exact) mass is 288 g/mol. The quantitative estimate of drug-likeness (QED) is 0.775. The van der Waals surface area contributed by atoms with E-state index in [0.29, 0.717) is 16.6 Å². The maximum Gasteiger partial charge on any atom is 0.104 e. The van der Waals surface area contributed by atoms with Crippen molar-refractivity contribution in [2.75, 3.05) is 32.2 Å². The van der Waals surface area contributed by atoms with Crippen LogP contribution in [0.1, 0.15) is 5.56 Å². The molecule has 1 unspecified atom stereocenters. The number of ether oxygens (including phenoxy) is 1. The second kappa shape index (κ2) is 6.89. The van der Waals surface area contributed by atoms with Crippen molar-refractivity contribution in [3.05, 3.63) is 28.8 Å². The normalized spacial score (nSPS) is 12.2. The number of thiocarbonyl (C=S) groups is 1. The standard InChI is InChI=1S/C12H17ClN2O2S/c1-15(6-9(16)7-17-2)11-4-3-8(12(14)18)5-10(11)13/h3-5,9,16H,6-7H2,1-2H3,(H2,14,18). The van der Waals surface area contributed by atoms with Gasteiger partial charge in [0.25, 0.3) is 0 Å². The molecule has 6 heteroatoms. The zero-order valence-electron chi connectivity index (χ0n) is 10.4. The highest BCUT2D eigenvalue weighted by Gasteiger charge is 2.12. The first-order valence-electron chi connectivity index (χ1n) is 5.43. The lowest BCUT2D eigenvalue weighted by atomic mass is 10.2. The van der Waals surface area contributed by atoms with Crippen LogP contribution in [0.5, 0.6) is 0 Å². The van der Waals surface area contributed by atoms with Gasteiger partial charge in [-0.15, -0.1) is 0 Å². The summed E-state index contributed by atoms with van der Waals surface area (Å²) in [5.41, 5.74) is 7.07. The van der Waals surface area contributed by atoms with Gasteiger partial charge in [0.2, 0.25) is 0 Å². The van der Waals surface area contributed by atoms with Crippen LogP contribution in [0.4, 0.5) is 5.69 Å². The van der Waals surface area contributed by atoms with Crippen molar-refractivity contribution in [2.24, 2.45) is 5.73 Å². The van der Waals surface area contributed by atoms with Crippen molar-refractivity contribution in [3.8, 4) is 0 Å². The predicted molar refractivity (Wildman–Crippen MR) is 78.5 cm³/mol. The van der Waals surface area contributed by atoms with E-state index < -0.39 is 6.10 Å². The Kier molecular flexibility index (Phi) is 5.81. The molecule has 0 aromatic heterocycles. The Morgan fingerprint density at radius 2 is 2.28 bits per heavy atom. The number of aliphatic hydroxyl groups excluding tert-OH is 1. The maximum atomic E-state index is 9.66. The Balaban J connectivity index is 2.80. The van der Waals surface area contributed by atoms with E-state index in [2.05, 4.69) is 0 Å². The Bertz CT molecular complexity index is 429. The van der Waals surface area contributed by atoms with Crippen molar-refractivity contribution < 1.29 is 9.84 Å². The Morgan fingerprint density at radius 3 is 2.78 bits per heavy atom. The maximum absolute atomic E-state index is 9.66. The smallest absolute Gasteiger partial charge is 0.104 e. The summed E-state index contributed by atoms with van der Waals surface area (Å²) < 4.78 is 4.88. The van der Waals surface area contributed by atoms with Gasteiger partial charge < -0.3 is 20.5 Å². The highest BCUT2D eigenvalue weighted by molar-refractivity contribution is 7.80. The van der Waals surface area contributed by atoms with Crippen LogP contribution in [0, 0.1) is 0 Å². The number of rotatable bonds is 6. The van der Waals surface area contributed by atoms with Crippen LogP contribution in [0.15, 0.2) is 18.2 Å². The lowest BCUT2D eigenvalue weighted by Gasteiger charge is -2.23. The van der Waals surface area contributed by atoms with Gasteiger partial charge in [0.15, 0.2) is 0 Å². The second-order valence-corrected chi connectivity index (χ2v) is 4.87. The van der Waals surface area contributed by atoms with Gasteiger partial charge in [-0.1, -0.05) is 23.8 Å². The molecule has 0 bridgehead atoms. The van der Waals surface area contributed by atoms with Gasteiger partial charge in [0, 0.05) is 26.3 Å². The molecule has 1 aromatic rings. The summed E-state index contributed by atoms with van der Waals surface area (Å²) in [6.45, 7) is 0.715. The van der Waals surface area contributed by atoms with E-state index in [1.165, 1.54) is 0 Å². The van der Waals surface area contributed by atoms with E-state index in [4.69, 9.17) is 34.3 Å². The fourth-order valence-electron chi connectivity index (χ4n) is 1.63. The predicted octanol–water partition coefficient (Wildman–Crippen LogP) is 1.42. The molecule has 0 aliphatic rings. The Labute approximate surface area is 117 Å². The Morgan fingerprint density at radius 1 is 1.61 bits per heavy atom. The number of anilines is 1. The van der Waals surface area contributed by atoms with Crippen LogP contribution in [-0.2, 0) is 4.74 Å². The summed E-state index contributed by atoms with van der Waals surface area (Å²) in [7, 11) is 3.40. The number of halogens is 1. The molecule has 18 heavy (non-hydrogen) atoms. The van der Waals surface area contributed by atoms with E-state index in [9.17, 15) is 5.11 Å². The molecule has 0 heterocycles. The number of hydrogen-bond donors (Lipinski definition) is 2. The molecule has 0 aliphatic heterocycles. The van der Waals surface area contributed by atoms with Crippen molar-refractivity contribution in [1.29, 1.82) is 0 Å². The molecule has 0 radical (unpaired) electrons. The van der Waals surface area contributed by atoms with Crippen molar-refractivity contribution in [3.63, 3.8) is 0 Å². The van der Waals surface area contributed by atoms with Crippen molar-refractivity contribution >= 4 is 34.5 Å². The van der Waals surface area contributed by atoms with Gasteiger partial charge in [0.05, 0.1) is 23.4 Å². The first-order valence-corrected chi connectivity index (χ1v) is 6.21. The van der Waals surface area contributed by atoms with E-state index >= 15 is 0 Å². The van der Waals surface area contributed by atoms with E-state index in [0.717, 1.165) is 11.3 Å². The van der Waals surface area contributed by atoms with E-state index in [1.807, 2.05) is 24.1 Å². The van der Waals surface area contributed by atoms with Gasteiger partial charge in [-0.3, -0.25) is 0 Å². The molecule has 0 spiro atoms. The molecule has 0 aliphatic carbocycles. The molecule has 1 rings (SSSR count). The molecule has 4 nitrogen and oxygen atoms in total. The molecule has 0 saturated heterocycles. The van der Waals surface area contributed by atoms with Crippen LogP contribution < -0.4 is 10.6 Å². The molecule has 3 N–H and O–H groups in total. The summed E-state index contributed by atoms with van der Waals surface area (Å²) in [6, 6.07) is 5.36. The zero-order valence-corrected chi connectivity index (χ0v) is 12.0. The third kappa shape index (κ3) is 4.10. The second-order valence-electron chi connectivity index (χ2n) is 4.02. The van der Waals surface area contributed by atoms with Crippen LogP contribution >= 0.6 is 23.8 Å². The number of likely N-dealkylation sites (N-methyl/N-ethyl adjacent to an activating group) is 1. The van der Waals surface area contributed by atoms with Gasteiger partial charge in [-0.2, -0.15) is 0 Å². The highest BCUT2D eigenvalue weighted by Crippen LogP contribution is 2.26. The SMILES string of the molecule is COCC(O)CN(C)c1ccc(C(N)=S)cc1Cl. The first kappa shape index (κ1) is 15.2. The number of aliphatic hydroxyl groups is 1. The number of methoxy groups -OCH3 is 1. The van der Waals surface area contributed by atoms with Gasteiger partial charge in [0.1, 0.15) is 4.99 Å². The lowest BCUT2D eigenvalue weighted by molar-refractivity contribution is 0.0695. The van der Waals surface area contributed by atoms with E-state index in [1.54, 1.807) is 13.2 Å². The average molecular weight is 289 g/mol. The molecule has 100 valence electrons. The Hall–Kier alpha value is -0.880. The number of nitrogens with zero attached hydrogens (tertiary/aromatic N) is 1. The van der Waals surface area contributed by atoms with Crippen molar-refractivity contribution in [2.45, 2.75) is 6.10 Å². The van der Waals surface area contributed by atoms with Gasteiger partial charge in [-0.25, -0.2) is 0 Å². The van der Waals surface area contributed by atoms with E-state index in [-0.39, 0.29) is 6.61 Å². The third-order valence-electron chi connectivity index (χ3n) is 2.49. The van der Waals surface area contributed by atoms with Crippen LogP contribution in [-0.4, -0.2) is 43.5 Å². The fraction of sp³-hybridized carbons (Fsp3) is 0.417. The number of nitrogens with two attached hydrogens (primary N) is 1. The minimum Gasteiger partial charge on any atom is -0.389 e. The van der Waals surface area contributed by atoms with Gasteiger partial charge >= 0.3 is 0 Å². The van der Waals surface area contributed by atoms with Crippen LogP contribution in [0.2, 0.25) is 5.02 Å². The molecular weight excluding hydrogens is 272 g/mol. The lowest BCUT2D eigenvalue weighted by Crippen LogP contribution is -2.32. The number of benzene rings is 1. The van der Waals surface area contributed by atoms with Crippen LogP contribution in [0.25, 0.3) is 0 Å². The number of hydrogen-bond acceptors (Lipinski definition) is 4. The first-order chi connectivity index (χ1) is 8.45. The summed E-state index contributed by atoms with van der Waals surface area (Å²) in [5, 5.41) is 10.2. The van der Waals surface area contributed by atoms with Gasteiger partial charge in [-0.05, 0) is 18.2 Å². The average Bonchev–Trinajstić information content (AvgIpc) is 2.28. The molecular formula is C12H17ClN2O2S. The molecule has 0 fully saturated rings. The molecule has 0 amide bonds. The third-order valence-corrected chi connectivity index (χ3v) is 3.03.